The number of hydrogen-bond donors (Lipinski definition) is 0. The van der Waals surface area contributed by atoms with E-state index < -0.39 is 5.41 Å². The van der Waals surface area contributed by atoms with Crippen molar-refractivity contribution in [2.45, 2.75) is 59.3 Å². The van der Waals surface area contributed by atoms with Crippen LogP contribution in [-0.2, 0) is 22.7 Å². The molecule has 2 aromatic rings. The molecule has 0 bridgehead atoms. The summed E-state index contributed by atoms with van der Waals surface area (Å²) < 4.78 is 0. The van der Waals surface area contributed by atoms with Crippen molar-refractivity contribution >= 4 is 11.7 Å². The minimum Gasteiger partial charge on any atom is -0.349 e. The van der Waals surface area contributed by atoms with Gasteiger partial charge >= 0.3 is 0 Å². The molecule has 160 valence electrons. The lowest BCUT2D eigenvalue weighted by Crippen LogP contribution is -2.47. The Morgan fingerprint density at radius 1 is 0.774 bits per heavy atom. The van der Waals surface area contributed by atoms with Crippen molar-refractivity contribution in [3.63, 3.8) is 0 Å². The Kier molecular flexibility index (Phi) is 4.58. The molecular formula is C27H30N2O2. The van der Waals surface area contributed by atoms with Crippen LogP contribution < -0.4 is 0 Å². The van der Waals surface area contributed by atoms with Gasteiger partial charge in [-0.05, 0) is 23.0 Å². The Labute approximate surface area is 184 Å². The number of benzene rings is 2. The van der Waals surface area contributed by atoms with Crippen molar-refractivity contribution in [3.8, 4) is 0 Å². The van der Waals surface area contributed by atoms with Crippen molar-refractivity contribution in [2.24, 2.45) is 10.8 Å². The smallest absolute Gasteiger partial charge is 0.225 e. The molecule has 31 heavy (non-hydrogen) atoms. The fourth-order valence-corrected chi connectivity index (χ4v) is 5.96. The number of carbonyl (C=O) groups is 2. The average Bonchev–Trinajstić information content (AvgIpc) is 3.09. The van der Waals surface area contributed by atoms with Gasteiger partial charge in [-0.15, -0.1) is 0 Å². The standard InChI is InChI=1S/C27H30N2O2/c1-26(2)14-21-24(22(30)15-26)27(3)16-23(31)29(18-20-12-8-5-9-13-20)25(27)28(21)17-19-10-6-4-7-11-19/h4-13,25H,14-18H2,1-3H3/t25-,27-/m0/s1. The number of allylic oxidation sites excluding steroid dienone is 1. The van der Waals surface area contributed by atoms with E-state index in [1.807, 2.05) is 29.2 Å². The molecule has 4 nitrogen and oxygen atoms in total. The van der Waals surface area contributed by atoms with E-state index in [4.69, 9.17) is 0 Å². The second-order valence-corrected chi connectivity index (χ2v) is 10.4. The molecule has 2 aromatic carbocycles. The molecule has 5 rings (SSSR count). The minimum atomic E-state index is -0.455. The average molecular weight is 415 g/mol. The number of fused-ring (bicyclic) bond motifs is 2. The summed E-state index contributed by atoms with van der Waals surface area (Å²) in [6, 6.07) is 20.6. The maximum atomic E-state index is 13.4. The van der Waals surface area contributed by atoms with Gasteiger partial charge in [-0.1, -0.05) is 81.4 Å². The van der Waals surface area contributed by atoms with Gasteiger partial charge < -0.3 is 9.80 Å². The first-order chi connectivity index (χ1) is 14.8. The molecule has 1 fully saturated rings. The molecule has 4 heteroatoms. The van der Waals surface area contributed by atoms with E-state index in [9.17, 15) is 9.59 Å². The van der Waals surface area contributed by atoms with Gasteiger partial charge in [-0.25, -0.2) is 0 Å². The van der Waals surface area contributed by atoms with Gasteiger partial charge in [0.1, 0.15) is 6.17 Å². The number of nitrogens with zero attached hydrogens (tertiary/aromatic N) is 2. The lowest BCUT2D eigenvalue weighted by Gasteiger charge is -2.39. The summed E-state index contributed by atoms with van der Waals surface area (Å²) in [5.74, 6) is 0.363. The van der Waals surface area contributed by atoms with Crippen molar-refractivity contribution in [2.75, 3.05) is 0 Å². The highest BCUT2D eigenvalue weighted by atomic mass is 16.2. The predicted molar refractivity (Wildman–Crippen MR) is 121 cm³/mol. The topological polar surface area (TPSA) is 40.6 Å². The van der Waals surface area contributed by atoms with Crippen LogP contribution >= 0.6 is 0 Å². The van der Waals surface area contributed by atoms with Crippen LogP contribution in [0.1, 0.15) is 51.2 Å². The highest BCUT2D eigenvalue weighted by molar-refractivity contribution is 6.01. The monoisotopic (exact) mass is 414 g/mol. The van der Waals surface area contributed by atoms with Crippen LogP contribution in [0.3, 0.4) is 0 Å². The summed E-state index contributed by atoms with van der Waals surface area (Å²) >= 11 is 0. The van der Waals surface area contributed by atoms with E-state index in [2.05, 4.69) is 62.1 Å². The first kappa shape index (κ1) is 20.0. The molecule has 0 aromatic heterocycles. The van der Waals surface area contributed by atoms with E-state index in [-0.39, 0.29) is 23.3 Å². The van der Waals surface area contributed by atoms with Crippen LogP contribution in [0.15, 0.2) is 71.9 Å². The Hall–Kier alpha value is -2.88. The molecule has 1 aliphatic carbocycles. The third-order valence-corrected chi connectivity index (χ3v) is 7.16. The summed E-state index contributed by atoms with van der Waals surface area (Å²) in [5, 5.41) is 0. The summed E-state index contributed by atoms with van der Waals surface area (Å²) in [7, 11) is 0. The molecule has 0 radical (unpaired) electrons. The van der Waals surface area contributed by atoms with Gasteiger partial charge in [0, 0.05) is 42.6 Å². The second kappa shape index (κ2) is 7.08. The zero-order valence-electron chi connectivity index (χ0n) is 18.6. The molecule has 2 atom stereocenters. The predicted octanol–water partition coefficient (Wildman–Crippen LogP) is 4.91. The van der Waals surface area contributed by atoms with Crippen LogP contribution in [0, 0.1) is 10.8 Å². The van der Waals surface area contributed by atoms with E-state index in [0.29, 0.717) is 25.9 Å². The number of ketones is 1. The number of hydrogen-bond acceptors (Lipinski definition) is 3. The summed E-state index contributed by atoms with van der Waals surface area (Å²) in [5.41, 5.74) is 3.88. The lowest BCUT2D eigenvalue weighted by molar-refractivity contribution is -0.131. The maximum Gasteiger partial charge on any atom is 0.225 e. The number of Topliss-reactive ketones (excluding diaryl/α,β-unsaturated/α-hetero) is 1. The first-order valence-corrected chi connectivity index (χ1v) is 11.2. The van der Waals surface area contributed by atoms with Gasteiger partial charge in [0.25, 0.3) is 0 Å². The van der Waals surface area contributed by atoms with Crippen molar-refractivity contribution in [3.05, 3.63) is 83.1 Å². The van der Waals surface area contributed by atoms with Crippen LogP contribution in [-0.4, -0.2) is 27.7 Å². The van der Waals surface area contributed by atoms with Gasteiger partial charge in [0.15, 0.2) is 5.78 Å². The van der Waals surface area contributed by atoms with Gasteiger partial charge in [0.05, 0.1) is 0 Å². The lowest BCUT2D eigenvalue weighted by atomic mass is 9.69. The minimum absolute atomic E-state index is 0.0614. The number of rotatable bonds is 4. The Morgan fingerprint density at radius 2 is 1.32 bits per heavy atom. The SMILES string of the molecule is CC1(C)CC(=O)C2=C(C1)N(Cc1ccccc1)[C@H]1N(Cc3ccccc3)C(=O)C[C@@]21C. The fourth-order valence-electron chi connectivity index (χ4n) is 5.96. The van der Waals surface area contributed by atoms with E-state index in [1.54, 1.807) is 0 Å². The van der Waals surface area contributed by atoms with Crippen LogP contribution in [0.5, 0.6) is 0 Å². The Morgan fingerprint density at radius 3 is 1.90 bits per heavy atom. The Bertz CT molecular complexity index is 1060. The summed E-state index contributed by atoms with van der Waals surface area (Å²) in [4.78, 5) is 31.0. The molecule has 2 heterocycles. The molecule has 0 saturated carbocycles. The number of amides is 1. The van der Waals surface area contributed by atoms with E-state index >= 15 is 0 Å². The van der Waals surface area contributed by atoms with Gasteiger partial charge in [0.2, 0.25) is 5.91 Å². The third-order valence-electron chi connectivity index (χ3n) is 7.16. The quantitative estimate of drug-likeness (QED) is 0.714. The van der Waals surface area contributed by atoms with Crippen molar-refractivity contribution < 1.29 is 9.59 Å². The van der Waals surface area contributed by atoms with Crippen LogP contribution in [0.4, 0.5) is 0 Å². The van der Waals surface area contributed by atoms with Gasteiger partial charge in [-0.2, -0.15) is 0 Å². The molecule has 0 spiro atoms. The summed E-state index contributed by atoms with van der Waals surface area (Å²) in [6.07, 6.45) is 1.71. The highest BCUT2D eigenvalue weighted by Gasteiger charge is 2.61. The fraction of sp³-hybridized carbons (Fsp3) is 0.407. The molecule has 3 aliphatic rings. The van der Waals surface area contributed by atoms with E-state index in [0.717, 1.165) is 23.3 Å². The summed E-state index contributed by atoms with van der Waals surface area (Å²) in [6.45, 7) is 7.78. The third kappa shape index (κ3) is 3.29. The zero-order chi connectivity index (χ0) is 21.8. The number of likely N-dealkylation sites (tertiary alicyclic amines) is 1. The highest BCUT2D eigenvalue weighted by Crippen LogP contribution is 2.58. The Balaban J connectivity index is 1.59. The molecule has 1 amide bonds. The largest absolute Gasteiger partial charge is 0.349 e. The normalized spacial score (nSPS) is 27.0. The molecule has 1 saturated heterocycles. The molecular weight excluding hydrogens is 384 g/mol. The van der Waals surface area contributed by atoms with Crippen molar-refractivity contribution in [1.29, 1.82) is 0 Å². The van der Waals surface area contributed by atoms with Gasteiger partial charge in [-0.3, -0.25) is 9.59 Å². The van der Waals surface area contributed by atoms with Crippen molar-refractivity contribution in [1.82, 2.24) is 9.80 Å². The second-order valence-electron chi connectivity index (χ2n) is 10.4. The van der Waals surface area contributed by atoms with Crippen LogP contribution in [0.2, 0.25) is 0 Å². The zero-order valence-corrected chi connectivity index (χ0v) is 18.6. The number of carbonyl (C=O) groups excluding carboxylic acids is 2. The van der Waals surface area contributed by atoms with E-state index in [1.165, 1.54) is 5.56 Å². The maximum absolute atomic E-state index is 13.4. The first-order valence-electron chi connectivity index (χ1n) is 11.2. The molecule has 0 N–H and O–H groups in total. The molecule has 2 aliphatic heterocycles. The molecule has 0 unspecified atom stereocenters. The van der Waals surface area contributed by atoms with Crippen LogP contribution in [0.25, 0.3) is 0 Å².